The molecule has 1 unspecified atom stereocenters. The minimum atomic E-state index is -0.551. The second-order valence-corrected chi connectivity index (χ2v) is 7.22. The fourth-order valence-electron chi connectivity index (χ4n) is 3.10. The number of carbonyl (C=O) groups excluding carboxylic acids is 1. The topological polar surface area (TPSA) is 90.1 Å². The number of nitriles is 1. The molecule has 7 heteroatoms. The highest BCUT2D eigenvalue weighted by Gasteiger charge is 2.16. The van der Waals surface area contributed by atoms with E-state index in [0.29, 0.717) is 23.8 Å². The van der Waals surface area contributed by atoms with E-state index in [2.05, 4.69) is 16.0 Å². The van der Waals surface area contributed by atoms with Crippen LogP contribution in [0.1, 0.15) is 37.3 Å². The molecule has 0 aromatic heterocycles. The molecule has 0 aliphatic rings. The third-order valence-electron chi connectivity index (χ3n) is 4.93. The molecule has 0 N–H and O–H groups in total. The normalized spacial score (nSPS) is 12.7. The van der Waals surface area contributed by atoms with Gasteiger partial charge in [-0.2, -0.15) is 5.26 Å². The van der Waals surface area contributed by atoms with Gasteiger partial charge in [0.15, 0.2) is 0 Å². The van der Waals surface area contributed by atoms with Gasteiger partial charge in [-0.25, -0.2) is 0 Å². The maximum absolute atomic E-state index is 11.5. The average Bonchev–Trinajstić information content (AvgIpc) is 2.88. The van der Waals surface area contributed by atoms with Gasteiger partial charge in [0, 0.05) is 0 Å². The highest BCUT2D eigenvalue weighted by Crippen LogP contribution is 2.23. The van der Waals surface area contributed by atoms with E-state index in [4.69, 9.17) is 14.3 Å². The number of allylic oxidation sites excluding steroid dienone is 3. The fraction of sp³-hybridized carbons (Fsp3) is 0.296. The minimum absolute atomic E-state index is 0.0196. The van der Waals surface area contributed by atoms with Gasteiger partial charge in [0.25, 0.3) is 0 Å². The summed E-state index contributed by atoms with van der Waals surface area (Å²) >= 11 is 0. The van der Waals surface area contributed by atoms with E-state index in [1.165, 1.54) is 14.2 Å². The van der Waals surface area contributed by atoms with Gasteiger partial charge in [-0.05, 0) is 54.8 Å². The minimum Gasteiger partial charge on any atom is -0.489 e. The number of oxime groups is 1. The molecule has 2 aromatic rings. The molecule has 178 valence electrons. The Bertz CT molecular complexity index is 1050. The highest BCUT2D eigenvalue weighted by molar-refractivity contribution is 6.03. The van der Waals surface area contributed by atoms with Crippen molar-refractivity contribution in [1.29, 1.82) is 5.26 Å². The smallest absolute Gasteiger partial charge is 0.307 e. The van der Waals surface area contributed by atoms with E-state index >= 15 is 0 Å². The lowest BCUT2D eigenvalue weighted by Gasteiger charge is -2.11. The number of ether oxygens (including phenoxy) is 3. The number of hydrogen-bond acceptors (Lipinski definition) is 7. The highest BCUT2D eigenvalue weighted by atomic mass is 16.6. The van der Waals surface area contributed by atoms with Crippen molar-refractivity contribution in [2.75, 3.05) is 20.8 Å². The SMILES string of the molecule is C\C=C/C(=C\C)C(/COc1ccc(COc2ccc(C(C#N)CC(=O)OC)cc2)cc1)=N/OC. The number of methoxy groups -OCH3 is 1. The number of carbonyl (C=O) groups is 1. The summed E-state index contributed by atoms with van der Waals surface area (Å²) < 4.78 is 16.3. The van der Waals surface area contributed by atoms with Crippen LogP contribution in [0.2, 0.25) is 0 Å². The van der Waals surface area contributed by atoms with E-state index in [9.17, 15) is 10.1 Å². The molecule has 2 rings (SSSR count). The summed E-state index contributed by atoms with van der Waals surface area (Å²) in [6.45, 7) is 4.54. The average molecular weight is 463 g/mol. The molecular formula is C27H30N2O5. The van der Waals surface area contributed by atoms with Crippen molar-refractivity contribution in [3.05, 3.63) is 83.5 Å². The van der Waals surface area contributed by atoms with Crippen LogP contribution in [0.15, 0.2) is 77.5 Å². The summed E-state index contributed by atoms with van der Waals surface area (Å²) in [5, 5.41) is 13.4. The van der Waals surface area contributed by atoms with Crippen molar-refractivity contribution in [3.63, 3.8) is 0 Å². The van der Waals surface area contributed by atoms with Crippen LogP contribution in [0.4, 0.5) is 0 Å². The Morgan fingerprint density at radius 2 is 1.68 bits per heavy atom. The number of esters is 1. The number of benzene rings is 2. The molecule has 34 heavy (non-hydrogen) atoms. The van der Waals surface area contributed by atoms with E-state index in [1.807, 2.05) is 56.3 Å². The Labute approximate surface area is 200 Å². The molecule has 0 aliphatic carbocycles. The standard InChI is InChI=1S/C27H30N2O5/c1-5-7-21(6-2)26(29-32-4)19-34-24-12-8-20(9-13-24)18-33-25-14-10-22(11-15-25)23(17-28)16-27(30)31-3/h5-15,23H,16,18-19H2,1-4H3/b7-5-,21-6+,29-26+. The molecule has 0 aliphatic heterocycles. The van der Waals surface area contributed by atoms with Gasteiger partial charge in [0.05, 0.1) is 25.5 Å². The Kier molecular flexibility index (Phi) is 10.9. The van der Waals surface area contributed by atoms with Crippen LogP contribution in [0.3, 0.4) is 0 Å². The first-order chi connectivity index (χ1) is 16.5. The van der Waals surface area contributed by atoms with Crippen LogP contribution in [0.25, 0.3) is 0 Å². The largest absolute Gasteiger partial charge is 0.489 e. The molecule has 0 spiro atoms. The summed E-state index contributed by atoms with van der Waals surface area (Å²) in [6, 6.07) is 16.9. The zero-order chi connectivity index (χ0) is 24.8. The van der Waals surface area contributed by atoms with E-state index < -0.39 is 11.9 Å². The van der Waals surface area contributed by atoms with Gasteiger partial charge < -0.3 is 19.0 Å². The first-order valence-electron chi connectivity index (χ1n) is 10.8. The van der Waals surface area contributed by atoms with Crippen LogP contribution < -0.4 is 9.47 Å². The van der Waals surface area contributed by atoms with Gasteiger partial charge in [-0.3, -0.25) is 4.79 Å². The Balaban J connectivity index is 1.92. The molecule has 0 radical (unpaired) electrons. The second kappa shape index (κ2) is 14.2. The summed E-state index contributed by atoms with van der Waals surface area (Å²) in [6.07, 6.45) is 5.86. The van der Waals surface area contributed by atoms with Crippen molar-refractivity contribution in [3.8, 4) is 17.6 Å². The second-order valence-electron chi connectivity index (χ2n) is 7.22. The van der Waals surface area contributed by atoms with Crippen LogP contribution in [0.5, 0.6) is 11.5 Å². The predicted octanol–water partition coefficient (Wildman–Crippen LogP) is 5.34. The van der Waals surface area contributed by atoms with Crippen molar-refractivity contribution >= 4 is 11.7 Å². The zero-order valence-corrected chi connectivity index (χ0v) is 20.0. The van der Waals surface area contributed by atoms with Crippen molar-refractivity contribution in [2.24, 2.45) is 5.16 Å². The van der Waals surface area contributed by atoms with Crippen molar-refractivity contribution in [1.82, 2.24) is 0 Å². The first-order valence-corrected chi connectivity index (χ1v) is 10.8. The lowest BCUT2D eigenvalue weighted by atomic mass is 9.97. The Morgan fingerprint density at radius 1 is 1.03 bits per heavy atom. The fourth-order valence-corrected chi connectivity index (χ4v) is 3.10. The van der Waals surface area contributed by atoms with E-state index in [1.54, 1.807) is 24.3 Å². The maximum Gasteiger partial charge on any atom is 0.307 e. The third kappa shape index (κ3) is 8.14. The lowest BCUT2D eigenvalue weighted by molar-refractivity contribution is -0.140. The molecule has 0 heterocycles. The van der Waals surface area contributed by atoms with Gasteiger partial charge in [-0.15, -0.1) is 0 Å². The molecule has 0 saturated heterocycles. The third-order valence-corrected chi connectivity index (χ3v) is 4.93. The summed E-state index contributed by atoms with van der Waals surface area (Å²) in [5.74, 6) is 0.412. The monoisotopic (exact) mass is 462 g/mol. The lowest BCUT2D eigenvalue weighted by Crippen LogP contribution is -2.14. The van der Waals surface area contributed by atoms with Gasteiger partial charge >= 0.3 is 5.97 Å². The molecule has 0 saturated carbocycles. The van der Waals surface area contributed by atoms with Crippen LogP contribution >= 0.6 is 0 Å². The number of hydrogen-bond donors (Lipinski definition) is 0. The predicted molar refractivity (Wildman–Crippen MR) is 131 cm³/mol. The quantitative estimate of drug-likeness (QED) is 0.183. The molecule has 0 amide bonds. The maximum atomic E-state index is 11.5. The van der Waals surface area contributed by atoms with E-state index in [-0.39, 0.29) is 13.0 Å². The van der Waals surface area contributed by atoms with Crippen molar-refractivity contribution in [2.45, 2.75) is 32.8 Å². The summed E-state index contributed by atoms with van der Waals surface area (Å²) in [7, 11) is 2.82. The molecule has 1 atom stereocenters. The molecule has 0 bridgehead atoms. The van der Waals surface area contributed by atoms with Crippen LogP contribution in [-0.2, 0) is 21.0 Å². The summed E-state index contributed by atoms with van der Waals surface area (Å²) in [5.41, 5.74) is 3.36. The Hall–Kier alpha value is -4.05. The Morgan fingerprint density at radius 3 is 2.24 bits per heavy atom. The zero-order valence-electron chi connectivity index (χ0n) is 20.0. The van der Waals surface area contributed by atoms with Crippen LogP contribution in [0, 0.1) is 11.3 Å². The number of nitrogens with zero attached hydrogens (tertiary/aromatic N) is 2. The van der Waals surface area contributed by atoms with Gasteiger partial charge in [-0.1, -0.05) is 47.6 Å². The van der Waals surface area contributed by atoms with Crippen molar-refractivity contribution < 1.29 is 23.8 Å². The van der Waals surface area contributed by atoms with Gasteiger partial charge in [0.2, 0.25) is 0 Å². The van der Waals surface area contributed by atoms with Gasteiger partial charge in [0.1, 0.15) is 37.5 Å². The molecule has 7 nitrogen and oxygen atoms in total. The molecule has 2 aromatic carbocycles. The molecular weight excluding hydrogens is 432 g/mol. The van der Waals surface area contributed by atoms with Crippen LogP contribution in [-0.4, -0.2) is 32.5 Å². The number of rotatable bonds is 12. The van der Waals surface area contributed by atoms with E-state index in [0.717, 1.165) is 16.7 Å². The summed E-state index contributed by atoms with van der Waals surface area (Å²) in [4.78, 5) is 16.4. The first kappa shape index (κ1) is 26.2. The molecule has 0 fully saturated rings.